The van der Waals surface area contributed by atoms with Crippen molar-refractivity contribution in [2.45, 2.75) is 13.3 Å². The van der Waals surface area contributed by atoms with Gasteiger partial charge in [-0.15, -0.1) is 12.4 Å². The molecule has 0 aliphatic rings. The molecular formula is C3H8ClNi-. The van der Waals surface area contributed by atoms with E-state index in [0.717, 1.165) is 6.42 Å². The Labute approximate surface area is 49.7 Å². The van der Waals surface area contributed by atoms with Gasteiger partial charge < -0.3 is 6.92 Å². The van der Waals surface area contributed by atoms with Gasteiger partial charge in [-0.3, -0.25) is 0 Å². The van der Waals surface area contributed by atoms with E-state index in [1.807, 2.05) is 6.92 Å². The van der Waals surface area contributed by atoms with E-state index in [4.69, 9.17) is 0 Å². The third kappa shape index (κ3) is 60.4. The molecular weight excluding hydrogens is 130 g/mol. The van der Waals surface area contributed by atoms with Crippen molar-refractivity contribution in [3.8, 4) is 0 Å². The molecule has 0 radical (unpaired) electrons. The van der Waals surface area contributed by atoms with Crippen LogP contribution in [0.2, 0.25) is 0 Å². The van der Waals surface area contributed by atoms with Gasteiger partial charge in [0.15, 0.2) is 0 Å². The summed E-state index contributed by atoms with van der Waals surface area (Å²) >= 11 is 0. The first-order valence-corrected chi connectivity index (χ1v) is 1.21. The molecule has 0 saturated carbocycles. The normalized spacial score (nSPS) is 3.60. The van der Waals surface area contributed by atoms with E-state index >= 15 is 0 Å². The minimum atomic E-state index is 0. The van der Waals surface area contributed by atoms with Crippen LogP contribution in [0.3, 0.4) is 0 Å². The fourth-order valence-electron chi connectivity index (χ4n) is 0. The molecule has 5 heavy (non-hydrogen) atoms. The van der Waals surface area contributed by atoms with Crippen molar-refractivity contribution in [2.24, 2.45) is 0 Å². The first-order chi connectivity index (χ1) is 1.41. The summed E-state index contributed by atoms with van der Waals surface area (Å²) in [7, 11) is 0. The minimum Gasteiger partial charge on any atom is -0.344 e. The molecule has 0 amide bonds. The van der Waals surface area contributed by atoms with Crippen LogP contribution in [0.4, 0.5) is 0 Å². The maximum atomic E-state index is 3.49. The maximum absolute atomic E-state index is 3.49. The summed E-state index contributed by atoms with van der Waals surface area (Å²) in [5.41, 5.74) is 0. The van der Waals surface area contributed by atoms with Crippen molar-refractivity contribution < 1.29 is 16.5 Å². The van der Waals surface area contributed by atoms with Crippen LogP contribution in [-0.4, -0.2) is 0 Å². The molecule has 0 aliphatic carbocycles. The Balaban J connectivity index is -0.0000000200. The SMILES string of the molecule is Cl.[CH2-]CC.[Ni]. The van der Waals surface area contributed by atoms with Gasteiger partial charge in [-0.2, -0.15) is 6.42 Å². The average molecular weight is 138 g/mol. The van der Waals surface area contributed by atoms with Crippen LogP contribution in [0.5, 0.6) is 0 Å². The molecule has 0 atom stereocenters. The van der Waals surface area contributed by atoms with Gasteiger partial charge in [0.25, 0.3) is 0 Å². The summed E-state index contributed by atoms with van der Waals surface area (Å²) < 4.78 is 0. The van der Waals surface area contributed by atoms with E-state index < -0.39 is 0 Å². The molecule has 0 bridgehead atoms. The second-order valence-corrected chi connectivity index (χ2v) is 0.500. The Kier molecular flexibility index (Phi) is 73.5. The Bertz CT molecular complexity index is 6.85. The number of rotatable bonds is 0. The molecule has 0 spiro atoms. The summed E-state index contributed by atoms with van der Waals surface area (Å²) in [6, 6.07) is 0. The molecule has 0 rings (SSSR count). The second kappa shape index (κ2) is 21.5. The molecule has 0 aliphatic heterocycles. The van der Waals surface area contributed by atoms with E-state index in [1.165, 1.54) is 0 Å². The topological polar surface area (TPSA) is 0 Å². The third-order valence-corrected chi connectivity index (χ3v) is 0. The van der Waals surface area contributed by atoms with Gasteiger partial charge >= 0.3 is 0 Å². The van der Waals surface area contributed by atoms with Crippen molar-refractivity contribution in [2.75, 3.05) is 0 Å². The fourth-order valence-corrected chi connectivity index (χ4v) is 0. The monoisotopic (exact) mass is 137 g/mol. The van der Waals surface area contributed by atoms with E-state index in [-0.39, 0.29) is 28.9 Å². The van der Waals surface area contributed by atoms with Crippen LogP contribution in [0, 0.1) is 6.92 Å². The third-order valence-electron chi connectivity index (χ3n) is 0. The van der Waals surface area contributed by atoms with Crippen LogP contribution < -0.4 is 0 Å². The van der Waals surface area contributed by atoms with Crippen molar-refractivity contribution in [1.29, 1.82) is 0 Å². The van der Waals surface area contributed by atoms with Crippen LogP contribution in [-0.2, 0) is 16.5 Å². The Morgan fingerprint density at radius 3 is 1.60 bits per heavy atom. The standard InChI is InChI=1S/C3H7.ClH.Ni/c1-3-2;;/h1,3H2,2H3;1H;/q-1;;. The van der Waals surface area contributed by atoms with Gasteiger partial charge in [-0.1, -0.05) is 6.92 Å². The van der Waals surface area contributed by atoms with Crippen LogP contribution >= 0.6 is 12.4 Å². The minimum absolute atomic E-state index is 0. The van der Waals surface area contributed by atoms with Crippen LogP contribution in [0.1, 0.15) is 13.3 Å². The Hall–Kier alpha value is 0.784. The Morgan fingerprint density at radius 1 is 1.60 bits per heavy atom. The first kappa shape index (κ1) is 17.1. The van der Waals surface area contributed by atoms with Gasteiger partial charge in [0.2, 0.25) is 0 Å². The molecule has 0 saturated heterocycles. The van der Waals surface area contributed by atoms with E-state index in [2.05, 4.69) is 6.92 Å². The molecule has 0 nitrogen and oxygen atoms in total. The van der Waals surface area contributed by atoms with Crippen molar-refractivity contribution in [3.05, 3.63) is 6.92 Å². The maximum Gasteiger partial charge on any atom is 0 e. The van der Waals surface area contributed by atoms with Gasteiger partial charge in [0.1, 0.15) is 0 Å². The van der Waals surface area contributed by atoms with Crippen LogP contribution in [0.15, 0.2) is 0 Å². The molecule has 0 aromatic heterocycles. The molecule has 2 heteroatoms. The number of hydrogen-bond donors (Lipinski definition) is 0. The smallest absolute Gasteiger partial charge is 0 e. The predicted octanol–water partition coefficient (Wildman–Crippen LogP) is 1.65. The molecule has 0 fully saturated rings. The van der Waals surface area contributed by atoms with E-state index in [0.29, 0.717) is 0 Å². The first-order valence-electron chi connectivity index (χ1n) is 1.21. The van der Waals surface area contributed by atoms with Crippen molar-refractivity contribution >= 4 is 12.4 Å². The Morgan fingerprint density at radius 2 is 1.60 bits per heavy atom. The molecule has 0 heterocycles. The zero-order chi connectivity index (χ0) is 2.71. The zero-order valence-corrected chi connectivity index (χ0v) is 4.94. The number of halogens is 1. The molecule has 0 aromatic carbocycles. The molecule has 38 valence electrons. The summed E-state index contributed by atoms with van der Waals surface area (Å²) in [4.78, 5) is 0. The van der Waals surface area contributed by atoms with Gasteiger partial charge in [0, 0.05) is 16.5 Å². The number of hydrogen-bond acceptors (Lipinski definition) is 0. The zero-order valence-electron chi connectivity index (χ0n) is 3.14. The molecule has 0 aromatic rings. The second-order valence-electron chi connectivity index (χ2n) is 0.500. The van der Waals surface area contributed by atoms with Crippen LogP contribution in [0.25, 0.3) is 0 Å². The van der Waals surface area contributed by atoms with Gasteiger partial charge in [-0.05, 0) is 0 Å². The largest absolute Gasteiger partial charge is 0.344 e. The van der Waals surface area contributed by atoms with Gasteiger partial charge in [0.05, 0.1) is 0 Å². The van der Waals surface area contributed by atoms with Gasteiger partial charge in [-0.25, -0.2) is 0 Å². The fraction of sp³-hybridized carbons (Fsp3) is 0.667. The summed E-state index contributed by atoms with van der Waals surface area (Å²) in [6.45, 7) is 5.50. The quantitative estimate of drug-likeness (QED) is 0.353. The van der Waals surface area contributed by atoms with Crippen molar-refractivity contribution in [1.82, 2.24) is 0 Å². The molecule has 0 unspecified atom stereocenters. The summed E-state index contributed by atoms with van der Waals surface area (Å²) in [6.07, 6.45) is 1.00. The predicted molar refractivity (Wildman–Crippen MR) is 22.9 cm³/mol. The van der Waals surface area contributed by atoms with E-state index in [9.17, 15) is 0 Å². The van der Waals surface area contributed by atoms with Crippen molar-refractivity contribution in [3.63, 3.8) is 0 Å². The molecule has 0 N–H and O–H groups in total. The summed E-state index contributed by atoms with van der Waals surface area (Å²) in [5, 5.41) is 0. The summed E-state index contributed by atoms with van der Waals surface area (Å²) in [5.74, 6) is 0. The van der Waals surface area contributed by atoms with E-state index in [1.54, 1.807) is 0 Å². The average Bonchev–Trinajstić information content (AvgIpc) is 0.918.